The van der Waals surface area contributed by atoms with Crippen LogP contribution in [0.25, 0.3) is 16.7 Å². The third kappa shape index (κ3) is 5.14. The summed E-state index contributed by atoms with van der Waals surface area (Å²) in [6, 6.07) is 10.8. The van der Waals surface area contributed by atoms with Crippen LogP contribution in [-0.2, 0) is 22.7 Å². The molecule has 0 saturated carbocycles. The fourth-order valence-corrected chi connectivity index (χ4v) is 4.24. The zero-order valence-corrected chi connectivity index (χ0v) is 19.8. The Morgan fingerprint density at radius 3 is 2.74 bits per heavy atom. The molecular weight excluding hydrogens is 456 g/mol. The molecule has 4 rings (SSSR count). The Hall–Kier alpha value is -3.60. The van der Waals surface area contributed by atoms with Gasteiger partial charge in [-0.1, -0.05) is 30.8 Å². The minimum atomic E-state index is -0.236. The van der Waals surface area contributed by atoms with Crippen molar-refractivity contribution in [1.82, 2.24) is 29.8 Å². The van der Waals surface area contributed by atoms with Crippen molar-refractivity contribution < 1.29 is 14.0 Å². The van der Waals surface area contributed by atoms with Crippen LogP contribution < -0.4 is 16.2 Å². The Morgan fingerprint density at radius 2 is 1.97 bits per heavy atom. The van der Waals surface area contributed by atoms with Crippen LogP contribution in [0.2, 0.25) is 0 Å². The summed E-state index contributed by atoms with van der Waals surface area (Å²) in [5, 5.41) is 15.1. The molecule has 0 spiro atoms. The SMILES string of the molecule is CCC(C)NC(=O)CCn1c(=O)c2ccccc2n2c(SCC(=O)NCc3ccco3)nnc12. The van der Waals surface area contributed by atoms with Crippen LogP contribution in [0, 0.1) is 0 Å². The highest BCUT2D eigenvalue weighted by Gasteiger charge is 2.18. The first-order valence-electron chi connectivity index (χ1n) is 11.1. The normalized spacial score (nSPS) is 12.2. The summed E-state index contributed by atoms with van der Waals surface area (Å²) in [6.45, 7) is 4.40. The van der Waals surface area contributed by atoms with E-state index in [1.807, 2.05) is 26.0 Å². The summed E-state index contributed by atoms with van der Waals surface area (Å²) >= 11 is 1.22. The van der Waals surface area contributed by atoms with Crippen LogP contribution in [0.15, 0.2) is 57.0 Å². The average molecular weight is 483 g/mol. The fraction of sp³-hybridized carbons (Fsp3) is 0.348. The summed E-state index contributed by atoms with van der Waals surface area (Å²) in [5.41, 5.74) is 0.408. The number of furan rings is 1. The maximum Gasteiger partial charge on any atom is 0.262 e. The zero-order chi connectivity index (χ0) is 24.1. The monoisotopic (exact) mass is 482 g/mol. The molecule has 3 aromatic heterocycles. The first-order chi connectivity index (χ1) is 16.5. The standard InChI is InChI=1S/C23H26N6O4S/c1-3-15(2)25-19(30)10-11-28-21(32)17-8-4-5-9-18(17)29-22(28)26-27-23(29)34-14-20(31)24-13-16-7-6-12-33-16/h4-9,12,15H,3,10-11,13-14H2,1-2H3,(H,24,31)(H,25,30). The van der Waals surface area contributed by atoms with Crippen molar-refractivity contribution in [3.05, 3.63) is 58.8 Å². The largest absolute Gasteiger partial charge is 0.467 e. The molecule has 1 atom stereocenters. The van der Waals surface area contributed by atoms with E-state index in [1.54, 1.807) is 34.9 Å². The maximum absolute atomic E-state index is 13.2. The molecule has 10 nitrogen and oxygen atoms in total. The van der Waals surface area contributed by atoms with E-state index in [1.165, 1.54) is 16.3 Å². The molecule has 0 bridgehead atoms. The van der Waals surface area contributed by atoms with E-state index in [4.69, 9.17) is 4.42 Å². The molecule has 0 fully saturated rings. The number of amides is 2. The minimum Gasteiger partial charge on any atom is -0.467 e. The second kappa shape index (κ2) is 10.6. The molecule has 0 aliphatic rings. The number of benzene rings is 1. The summed E-state index contributed by atoms with van der Waals surface area (Å²) in [4.78, 5) is 37.8. The van der Waals surface area contributed by atoms with Gasteiger partial charge in [0, 0.05) is 19.0 Å². The van der Waals surface area contributed by atoms with Gasteiger partial charge in [-0.15, -0.1) is 10.2 Å². The number of thioether (sulfide) groups is 1. The highest BCUT2D eigenvalue weighted by Crippen LogP contribution is 2.21. The van der Waals surface area contributed by atoms with Gasteiger partial charge >= 0.3 is 0 Å². The quantitative estimate of drug-likeness (QED) is 0.333. The van der Waals surface area contributed by atoms with Gasteiger partial charge in [0.1, 0.15) is 5.76 Å². The van der Waals surface area contributed by atoms with Crippen LogP contribution in [0.5, 0.6) is 0 Å². The van der Waals surface area contributed by atoms with Gasteiger partial charge in [0.15, 0.2) is 5.16 Å². The van der Waals surface area contributed by atoms with Gasteiger partial charge in [-0.05, 0) is 37.6 Å². The molecule has 34 heavy (non-hydrogen) atoms. The summed E-state index contributed by atoms with van der Waals surface area (Å²) in [5.74, 6) is 0.802. The predicted molar refractivity (Wildman–Crippen MR) is 129 cm³/mol. The summed E-state index contributed by atoms with van der Waals surface area (Å²) < 4.78 is 8.45. The number of hydrogen-bond donors (Lipinski definition) is 2. The number of para-hydroxylation sites is 1. The van der Waals surface area contributed by atoms with Crippen molar-refractivity contribution in [3.63, 3.8) is 0 Å². The molecule has 2 N–H and O–H groups in total. The van der Waals surface area contributed by atoms with Gasteiger partial charge in [-0.2, -0.15) is 0 Å². The molecule has 178 valence electrons. The third-order valence-electron chi connectivity index (χ3n) is 5.43. The Kier molecular flexibility index (Phi) is 7.31. The number of carbonyl (C=O) groups excluding carboxylic acids is 2. The molecular formula is C23H26N6O4S. The predicted octanol–water partition coefficient (Wildman–Crippen LogP) is 2.35. The number of carbonyl (C=O) groups is 2. The molecule has 0 aliphatic heterocycles. The Morgan fingerprint density at radius 1 is 1.15 bits per heavy atom. The van der Waals surface area contributed by atoms with Crippen LogP contribution in [0.3, 0.4) is 0 Å². The van der Waals surface area contributed by atoms with Gasteiger partial charge in [-0.3, -0.25) is 23.4 Å². The smallest absolute Gasteiger partial charge is 0.262 e. The molecule has 2 amide bonds. The molecule has 3 heterocycles. The average Bonchev–Trinajstić information content (AvgIpc) is 3.51. The third-order valence-corrected chi connectivity index (χ3v) is 6.36. The number of aryl methyl sites for hydroxylation is 1. The fourth-order valence-electron chi connectivity index (χ4n) is 3.47. The minimum absolute atomic E-state index is 0.0656. The number of fused-ring (bicyclic) bond motifs is 3. The number of nitrogens with zero attached hydrogens (tertiary/aromatic N) is 4. The maximum atomic E-state index is 13.2. The number of nitrogens with one attached hydrogen (secondary N) is 2. The van der Waals surface area contributed by atoms with E-state index in [0.717, 1.165) is 6.42 Å². The van der Waals surface area contributed by atoms with E-state index in [2.05, 4.69) is 20.8 Å². The lowest BCUT2D eigenvalue weighted by Crippen LogP contribution is -2.33. The molecule has 0 saturated heterocycles. The number of aromatic nitrogens is 4. The summed E-state index contributed by atoms with van der Waals surface area (Å²) in [6.07, 6.45) is 2.52. The molecule has 4 aromatic rings. The van der Waals surface area contributed by atoms with Crippen molar-refractivity contribution in [1.29, 1.82) is 0 Å². The lowest BCUT2D eigenvalue weighted by molar-refractivity contribution is -0.122. The second-order valence-electron chi connectivity index (χ2n) is 7.86. The first kappa shape index (κ1) is 23.6. The van der Waals surface area contributed by atoms with E-state index >= 15 is 0 Å². The van der Waals surface area contributed by atoms with Gasteiger partial charge in [-0.25, -0.2) is 0 Å². The topological polar surface area (TPSA) is 124 Å². The molecule has 0 aliphatic carbocycles. The molecule has 1 aromatic carbocycles. The van der Waals surface area contributed by atoms with Crippen molar-refractivity contribution in [3.8, 4) is 0 Å². The van der Waals surface area contributed by atoms with Gasteiger partial charge in [0.05, 0.1) is 29.5 Å². The van der Waals surface area contributed by atoms with Crippen LogP contribution in [0.1, 0.15) is 32.4 Å². The van der Waals surface area contributed by atoms with E-state index in [0.29, 0.717) is 34.1 Å². The van der Waals surface area contributed by atoms with Crippen molar-refractivity contribution >= 4 is 40.3 Å². The second-order valence-corrected chi connectivity index (χ2v) is 8.81. The molecule has 1 unspecified atom stereocenters. The van der Waals surface area contributed by atoms with Gasteiger partial charge in [0.25, 0.3) is 5.56 Å². The van der Waals surface area contributed by atoms with E-state index in [-0.39, 0.29) is 42.1 Å². The molecule has 11 heteroatoms. The highest BCUT2D eigenvalue weighted by atomic mass is 32.2. The lowest BCUT2D eigenvalue weighted by Gasteiger charge is -2.13. The van der Waals surface area contributed by atoms with Crippen LogP contribution in [-0.4, -0.2) is 42.8 Å². The first-order valence-corrected chi connectivity index (χ1v) is 12.0. The van der Waals surface area contributed by atoms with Crippen LogP contribution in [0.4, 0.5) is 0 Å². The van der Waals surface area contributed by atoms with Crippen molar-refractivity contribution in [2.45, 2.75) is 51.0 Å². The highest BCUT2D eigenvalue weighted by molar-refractivity contribution is 7.99. The van der Waals surface area contributed by atoms with E-state index in [9.17, 15) is 14.4 Å². The van der Waals surface area contributed by atoms with E-state index < -0.39 is 0 Å². The van der Waals surface area contributed by atoms with Gasteiger partial charge in [0.2, 0.25) is 17.6 Å². The number of rotatable bonds is 10. The summed E-state index contributed by atoms with van der Waals surface area (Å²) in [7, 11) is 0. The Bertz CT molecular complexity index is 1360. The molecule has 0 radical (unpaired) electrons. The van der Waals surface area contributed by atoms with Crippen molar-refractivity contribution in [2.24, 2.45) is 0 Å². The number of hydrogen-bond acceptors (Lipinski definition) is 7. The lowest BCUT2D eigenvalue weighted by atomic mass is 10.2. The van der Waals surface area contributed by atoms with Crippen LogP contribution >= 0.6 is 11.8 Å². The Labute approximate surface area is 199 Å². The van der Waals surface area contributed by atoms with Crippen molar-refractivity contribution in [2.75, 3.05) is 5.75 Å². The van der Waals surface area contributed by atoms with Gasteiger partial charge < -0.3 is 15.1 Å². The Balaban J connectivity index is 1.57. The zero-order valence-electron chi connectivity index (χ0n) is 19.0.